The molecule has 0 fully saturated rings. The van der Waals surface area contributed by atoms with Crippen molar-refractivity contribution in [2.45, 2.75) is 26.8 Å². The lowest BCUT2D eigenvalue weighted by Gasteiger charge is -2.15. The molecule has 0 spiro atoms. The standard InChI is InChI=1S/C19H23N5O4/c1-11-14(12(2)24-19(23-11)21-10-22-24)7-18(25)20-9-13-6-16(27-4)17(28-5)8-15(13)26-3/h6,8,10H,7,9H2,1-5H3,(H,20,25). The molecule has 1 N–H and O–H groups in total. The second kappa shape index (κ2) is 8.12. The van der Waals surface area contributed by atoms with Crippen LogP contribution < -0.4 is 19.5 Å². The van der Waals surface area contributed by atoms with Crippen LogP contribution in [0.4, 0.5) is 0 Å². The number of fused-ring (bicyclic) bond motifs is 1. The number of aryl methyl sites for hydroxylation is 2. The van der Waals surface area contributed by atoms with Gasteiger partial charge in [0.25, 0.3) is 5.78 Å². The van der Waals surface area contributed by atoms with Gasteiger partial charge in [0.05, 0.1) is 27.8 Å². The lowest BCUT2D eigenvalue weighted by atomic mass is 10.1. The van der Waals surface area contributed by atoms with Crippen molar-refractivity contribution in [3.05, 3.63) is 41.0 Å². The molecule has 0 saturated carbocycles. The van der Waals surface area contributed by atoms with E-state index in [0.29, 0.717) is 29.6 Å². The number of rotatable bonds is 7. The van der Waals surface area contributed by atoms with Gasteiger partial charge in [-0.25, -0.2) is 9.50 Å². The molecular weight excluding hydrogens is 362 g/mol. The van der Waals surface area contributed by atoms with E-state index in [1.807, 2.05) is 13.8 Å². The van der Waals surface area contributed by atoms with E-state index < -0.39 is 0 Å². The molecule has 9 nitrogen and oxygen atoms in total. The molecule has 9 heteroatoms. The summed E-state index contributed by atoms with van der Waals surface area (Å²) in [6, 6.07) is 3.52. The average molecular weight is 385 g/mol. The van der Waals surface area contributed by atoms with Crippen LogP contribution in [0, 0.1) is 13.8 Å². The predicted molar refractivity (Wildman–Crippen MR) is 102 cm³/mol. The number of amides is 1. The number of nitrogens with zero attached hydrogens (tertiary/aromatic N) is 4. The third-order valence-corrected chi connectivity index (χ3v) is 4.59. The summed E-state index contributed by atoms with van der Waals surface area (Å²) in [5.74, 6) is 2.13. The first kappa shape index (κ1) is 19.4. The number of hydrogen-bond donors (Lipinski definition) is 1. The number of ether oxygens (including phenoxy) is 3. The van der Waals surface area contributed by atoms with E-state index in [1.165, 1.54) is 6.33 Å². The summed E-state index contributed by atoms with van der Waals surface area (Å²) in [5, 5.41) is 7.07. The first-order valence-corrected chi connectivity index (χ1v) is 8.69. The predicted octanol–water partition coefficient (Wildman–Crippen LogP) is 1.63. The lowest BCUT2D eigenvalue weighted by molar-refractivity contribution is -0.120. The Hall–Kier alpha value is -3.36. The van der Waals surface area contributed by atoms with E-state index in [1.54, 1.807) is 38.0 Å². The third-order valence-electron chi connectivity index (χ3n) is 4.59. The molecule has 0 aliphatic carbocycles. The van der Waals surface area contributed by atoms with Gasteiger partial charge in [-0.15, -0.1) is 0 Å². The number of benzene rings is 1. The minimum absolute atomic E-state index is 0.135. The Bertz CT molecular complexity index is 1020. The van der Waals surface area contributed by atoms with Gasteiger partial charge in [-0.3, -0.25) is 4.79 Å². The molecule has 0 saturated heterocycles. The Morgan fingerprint density at radius 2 is 1.75 bits per heavy atom. The minimum atomic E-state index is -0.135. The summed E-state index contributed by atoms with van der Waals surface area (Å²) in [5.41, 5.74) is 3.22. The van der Waals surface area contributed by atoms with Crippen molar-refractivity contribution in [3.8, 4) is 17.2 Å². The molecule has 2 heterocycles. The first-order chi connectivity index (χ1) is 13.5. The van der Waals surface area contributed by atoms with Crippen LogP contribution in [0.2, 0.25) is 0 Å². The fraction of sp³-hybridized carbons (Fsp3) is 0.368. The molecule has 3 rings (SSSR count). The summed E-state index contributed by atoms with van der Waals surface area (Å²) >= 11 is 0. The summed E-state index contributed by atoms with van der Waals surface area (Å²) < 4.78 is 17.6. The monoisotopic (exact) mass is 385 g/mol. The maximum absolute atomic E-state index is 12.6. The molecule has 0 aliphatic rings. The zero-order chi connectivity index (χ0) is 20.3. The molecule has 1 aromatic carbocycles. The highest BCUT2D eigenvalue weighted by Crippen LogP contribution is 2.34. The Morgan fingerprint density at radius 3 is 2.43 bits per heavy atom. The van der Waals surface area contributed by atoms with Crippen molar-refractivity contribution in [2.75, 3.05) is 21.3 Å². The Kier molecular flexibility index (Phi) is 5.62. The van der Waals surface area contributed by atoms with Gasteiger partial charge in [0.1, 0.15) is 12.1 Å². The molecule has 0 aliphatic heterocycles. The summed E-state index contributed by atoms with van der Waals surface area (Å²) in [4.78, 5) is 21.0. The molecule has 2 aromatic heterocycles. The smallest absolute Gasteiger partial charge is 0.252 e. The van der Waals surface area contributed by atoms with Crippen LogP contribution in [0.5, 0.6) is 17.2 Å². The maximum Gasteiger partial charge on any atom is 0.252 e. The van der Waals surface area contributed by atoms with Gasteiger partial charge >= 0.3 is 0 Å². The summed E-state index contributed by atoms with van der Waals surface area (Å²) in [7, 11) is 4.69. The van der Waals surface area contributed by atoms with Crippen molar-refractivity contribution >= 4 is 11.7 Å². The molecule has 0 atom stereocenters. The van der Waals surface area contributed by atoms with E-state index >= 15 is 0 Å². The average Bonchev–Trinajstić information content (AvgIpc) is 3.17. The van der Waals surface area contributed by atoms with Crippen LogP contribution in [0.1, 0.15) is 22.5 Å². The van der Waals surface area contributed by atoms with E-state index in [4.69, 9.17) is 14.2 Å². The SMILES string of the molecule is COc1cc(OC)c(OC)cc1CNC(=O)Cc1c(C)nc2ncnn2c1C. The van der Waals surface area contributed by atoms with Crippen molar-refractivity contribution in [2.24, 2.45) is 0 Å². The third kappa shape index (κ3) is 3.68. The fourth-order valence-electron chi connectivity index (χ4n) is 3.06. The van der Waals surface area contributed by atoms with Crippen molar-refractivity contribution in [3.63, 3.8) is 0 Å². The van der Waals surface area contributed by atoms with Crippen LogP contribution in [-0.4, -0.2) is 46.8 Å². The molecule has 0 bridgehead atoms. The van der Waals surface area contributed by atoms with E-state index in [0.717, 1.165) is 22.5 Å². The number of carbonyl (C=O) groups excluding carboxylic acids is 1. The van der Waals surface area contributed by atoms with Crippen molar-refractivity contribution < 1.29 is 19.0 Å². The molecule has 28 heavy (non-hydrogen) atoms. The molecular formula is C19H23N5O4. The van der Waals surface area contributed by atoms with Gasteiger partial charge in [0.15, 0.2) is 11.5 Å². The number of methoxy groups -OCH3 is 3. The van der Waals surface area contributed by atoms with Gasteiger partial charge in [0, 0.05) is 35.1 Å². The Balaban J connectivity index is 1.76. The lowest BCUT2D eigenvalue weighted by Crippen LogP contribution is -2.26. The van der Waals surface area contributed by atoms with E-state index in [-0.39, 0.29) is 12.3 Å². The van der Waals surface area contributed by atoms with Gasteiger partial charge in [-0.2, -0.15) is 10.1 Å². The number of carbonyl (C=O) groups is 1. The fourth-order valence-corrected chi connectivity index (χ4v) is 3.06. The van der Waals surface area contributed by atoms with Crippen LogP contribution >= 0.6 is 0 Å². The van der Waals surface area contributed by atoms with Crippen LogP contribution in [0.3, 0.4) is 0 Å². The van der Waals surface area contributed by atoms with Crippen molar-refractivity contribution in [1.82, 2.24) is 24.9 Å². The summed E-state index contributed by atoms with van der Waals surface area (Å²) in [6.07, 6.45) is 1.64. The Morgan fingerprint density at radius 1 is 1.07 bits per heavy atom. The minimum Gasteiger partial charge on any atom is -0.496 e. The number of aromatic nitrogens is 4. The first-order valence-electron chi connectivity index (χ1n) is 8.69. The largest absolute Gasteiger partial charge is 0.496 e. The molecule has 3 aromatic rings. The number of hydrogen-bond acceptors (Lipinski definition) is 7. The highest BCUT2D eigenvalue weighted by atomic mass is 16.5. The molecule has 148 valence electrons. The van der Waals surface area contributed by atoms with Gasteiger partial charge in [-0.05, 0) is 19.9 Å². The zero-order valence-electron chi connectivity index (χ0n) is 16.6. The summed E-state index contributed by atoms with van der Waals surface area (Å²) in [6.45, 7) is 4.05. The number of nitrogens with one attached hydrogen (secondary N) is 1. The van der Waals surface area contributed by atoms with E-state index in [9.17, 15) is 4.79 Å². The quantitative estimate of drug-likeness (QED) is 0.660. The normalized spacial score (nSPS) is 10.8. The molecule has 0 unspecified atom stereocenters. The van der Waals surface area contributed by atoms with Gasteiger partial charge < -0.3 is 19.5 Å². The van der Waals surface area contributed by atoms with Crippen molar-refractivity contribution in [1.29, 1.82) is 0 Å². The topological polar surface area (TPSA) is 99.9 Å². The van der Waals surface area contributed by atoms with Gasteiger partial charge in [0.2, 0.25) is 5.91 Å². The highest BCUT2D eigenvalue weighted by Gasteiger charge is 2.16. The van der Waals surface area contributed by atoms with Crippen LogP contribution in [0.25, 0.3) is 5.78 Å². The highest BCUT2D eigenvalue weighted by molar-refractivity contribution is 5.79. The van der Waals surface area contributed by atoms with Crippen LogP contribution in [-0.2, 0) is 17.8 Å². The van der Waals surface area contributed by atoms with Crippen LogP contribution in [0.15, 0.2) is 18.5 Å². The zero-order valence-corrected chi connectivity index (χ0v) is 16.6. The molecule has 0 radical (unpaired) electrons. The molecule has 1 amide bonds. The second-order valence-corrected chi connectivity index (χ2v) is 6.21. The Labute approximate surface area is 162 Å². The second-order valence-electron chi connectivity index (χ2n) is 6.21. The maximum atomic E-state index is 12.6. The van der Waals surface area contributed by atoms with Gasteiger partial charge in [-0.1, -0.05) is 0 Å². The van der Waals surface area contributed by atoms with E-state index in [2.05, 4.69) is 20.4 Å².